The molecule has 0 aliphatic rings. The minimum Gasteiger partial charge on any atom is -0.493 e. The van der Waals surface area contributed by atoms with E-state index < -0.39 is 6.03 Å². The molecule has 8 nitrogen and oxygen atoms in total. The number of fused-ring (bicyclic) bond motifs is 1. The van der Waals surface area contributed by atoms with E-state index >= 15 is 0 Å². The van der Waals surface area contributed by atoms with E-state index in [1.165, 1.54) is 6.33 Å². The van der Waals surface area contributed by atoms with Gasteiger partial charge in [0.1, 0.15) is 12.1 Å². The summed E-state index contributed by atoms with van der Waals surface area (Å²) in [7, 11) is 3.16. The number of methoxy groups -OCH3 is 2. The first kappa shape index (κ1) is 23.4. The van der Waals surface area contributed by atoms with Crippen molar-refractivity contribution in [1.29, 1.82) is 0 Å². The van der Waals surface area contributed by atoms with Crippen LogP contribution in [-0.2, 0) is 6.54 Å². The lowest BCUT2D eigenvalue weighted by molar-refractivity contribution is 0.262. The van der Waals surface area contributed by atoms with Crippen LogP contribution in [0.4, 0.5) is 22.0 Å². The highest BCUT2D eigenvalue weighted by Gasteiger charge is 2.11. The molecule has 3 aromatic carbocycles. The summed E-state index contributed by atoms with van der Waals surface area (Å²) in [6, 6.07) is 15.6. The molecule has 174 valence electrons. The summed E-state index contributed by atoms with van der Waals surface area (Å²) in [6.07, 6.45) is 1.49. The van der Waals surface area contributed by atoms with Crippen LogP contribution in [0.15, 0.2) is 60.9 Å². The van der Waals surface area contributed by atoms with Crippen molar-refractivity contribution in [1.82, 2.24) is 9.97 Å². The van der Waals surface area contributed by atoms with Crippen LogP contribution < -0.4 is 25.4 Å². The van der Waals surface area contributed by atoms with E-state index in [1.807, 2.05) is 24.3 Å². The Morgan fingerprint density at radius 1 is 0.882 bits per heavy atom. The Hall–Kier alpha value is -3.75. The zero-order valence-electron chi connectivity index (χ0n) is 18.4. The monoisotopic (exact) mass is 497 g/mol. The van der Waals surface area contributed by atoms with Crippen LogP contribution in [0, 0.1) is 0 Å². The van der Waals surface area contributed by atoms with Gasteiger partial charge in [-0.25, -0.2) is 14.8 Å². The van der Waals surface area contributed by atoms with Crippen molar-refractivity contribution in [2.75, 3.05) is 30.2 Å². The van der Waals surface area contributed by atoms with Crippen LogP contribution in [0.2, 0.25) is 10.0 Å². The Morgan fingerprint density at radius 2 is 1.62 bits per heavy atom. The number of ether oxygens (including phenoxy) is 2. The third-order valence-electron chi connectivity index (χ3n) is 4.96. The first-order valence-corrected chi connectivity index (χ1v) is 10.9. The van der Waals surface area contributed by atoms with E-state index in [0.29, 0.717) is 45.3 Å². The van der Waals surface area contributed by atoms with Crippen LogP contribution in [0.25, 0.3) is 10.9 Å². The summed E-state index contributed by atoms with van der Waals surface area (Å²) >= 11 is 11.9. The minimum atomic E-state index is -0.397. The maximum atomic E-state index is 12.4. The number of hydrogen-bond acceptors (Lipinski definition) is 6. The van der Waals surface area contributed by atoms with Crippen molar-refractivity contribution in [3.63, 3.8) is 0 Å². The predicted molar refractivity (Wildman–Crippen MR) is 136 cm³/mol. The molecule has 0 saturated heterocycles. The normalized spacial score (nSPS) is 10.6. The minimum absolute atomic E-state index is 0.362. The number of anilines is 3. The van der Waals surface area contributed by atoms with Gasteiger partial charge in [0, 0.05) is 29.4 Å². The van der Waals surface area contributed by atoms with Gasteiger partial charge in [-0.05, 0) is 42.0 Å². The second-order valence-electron chi connectivity index (χ2n) is 7.21. The number of urea groups is 1. The number of nitrogens with one attached hydrogen (secondary N) is 3. The van der Waals surface area contributed by atoms with Gasteiger partial charge < -0.3 is 25.4 Å². The van der Waals surface area contributed by atoms with Crippen molar-refractivity contribution in [3.8, 4) is 11.5 Å². The number of halogens is 2. The fraction of sp³-hybridized carbons (Fsp3) is 0.125. The molecule has 0 aliphatic heterocycles. The maximum Gasteiger partial charge on any atom is 0.323 e. The van der Waals surface area contributed by atoms with Crippen molar-refractivity contribution < 1.29 is 14.3 Å². The van der Waals surface area contributed by atoms with Crippen LogP contribution in [-0.4, -0.2) is 30.2 Å². The van der Waals surface area contributed by atoms with Gasteiger partial charge in [-0.1, -0.05) is 35.3 Å². The summed E-state index contributed by atoms with van der Waals surface area (Å²) < 4.78 is 10.8. The molecule has 0 unspecified atom stereocenters. The molecule has 0 bridgehead atoms. The average molecular weight is 498 g/mol. The van der Waals surface area contributed by atoms with Gasteiger partial charge >= 0.3 is 6.03 Å². The summed E-state index contributed by atoms with van der Waals surface area (Å²) in [4.78, 5) is 21.1. The highest BCUT2D eigenvalue weighted by molar-refractivity contribution is 6.42. The van der Waals surface area contributed by atoms with Crippen molar-refractivity contribution in [2.45, 2.75) is 6.54 Å². The molecule has 0 atom stereocenters. The van der Waals surface area contributed by atoms with E-state index in [9.17, 15) is 4.79 Å². The fourth-order valence-corrected chi connectivity index (χ4v) is 3.63. The Labute approximate surface area is 206 Å². The molecular weight excluding hydrogens is 477 g/mol. The van der Waals surface area contributed by atoms with Crippen molar-refractivity contribution >= 4 is 57.3 Å². The molecule has 0 fully saturated rings. The number of carbonyl (C=O) groups is 1. The number of carbonyl (C=O) groups excluding carboxylic acids is 1. The molecule has 2 amide bonds. The molecule has 0 aliphatic carbocycles. The standard InChI is InChI=1S/C24H21Cl2N5O3/c1-33-21-10-17-20(11-22(21)34-2)28-13-29-23(17)27-12-14-4-3-5-15(8-14)30-24(32)31-16-6-7-18(25)19(26)9-16/h3-11,13H,12H2,1-2H3,(H,27,28,29)(H2,30,31,32). The Balaban J connectivity index is 1.45. The van der Waals surface area contributed by atoms with Gasteiger partial charge in [0.2, 0.25) is 0 Å². The van der Waals surface area contributed by atoms with Gasteiger partial charge in [0.05, 0.1) is 29.8 Å². The third kappa shape index (κ3) is 5.41. The van der Waals surface area contributed by atoms with Crippen molar-refractivity contribution in [3.05, 3.63) is 76.5 Å². The zero-order chi connectivity index (χ0) is 24.1. The van der Waals surface area contributed by atoms with Crippen LogP contribution >= 0.6 is 23.2 Å². The lowest BCUT2D eigenvalue weighted by Gasteiger charge is -2.13. The average Bonchev–Trinajstić information content (AvgIpc) is 2.84. The van der Waals surface area contributed by atoms with Crippen LogP contribution in [0.3, 0.4) is 0 Å². The van der Waals surface area contributed by atoms with Gasteiger partial charge in [-0.15, -0.1) is 0 Å². The molecule has 1 heterocycles. The summed E-state index contributed by atoms with van der Waals surface area (Å²) in [6.45, 7) is 0.477. The molecule has 1 aromatic heterocycles. The quantitative estimate of drug-likeness (QED) is 0.280. The molecule has 0 saturated carbocycles. The predicted octanol–water partition coefficient (Wildman–Crippen LogP) is 6.21. The molecular formula is C24H21Cl2N5O3. The first-order valence-electron chi connectivity index (χ1n) is 10.2. The van der Waals surface area contributed by atoms with Crippen LogP contribution in [0.5, 0.6) is 11.5 Å². The van der Waals surface area contributed by atoms with E-state index in [1.54, 1.807) is 44.6 Å². The number of rotatable bonds is 7. The molecule has 0 radical (unpaired) electrons. The molecule has 34 heavy (non-hydrogen) atoms. The van der Waals surface area contributed by atoms with E-state index in [2.05, 4.69) is 25.9 Å². The van der Waals surface area contributed by atoms with Gasteiger partial charge in [0.15, 0.2) is 11.5 Å². The number of nitrogens with zero attached hydrogens (tertiary/aromatic N) is 2. The van der Waals surface area contributed by atoms with E-state index in [0.717, 1.165) is 16.5 Å². The Morgan fingerprint density at radius 3 is 2.35 bits per heavy atom. The molecule has 4 rings (SSSR count). The van der Waals surface area contributed by atoms with E-state index in [4.69, 9.17) is 32.7 Å². The second-order valence-corrected chi connectivity index (χ2v) is 8.02. The SMILES string of the molecule is COc1cc2ncnc(NCc3cccc(NC(=O)Nc4ccc(Cl)c(Cl)c4)c3)c2cc1OC. The summed E-state index contributed by atoms with van der Waals surface area (Å²) in [5.74, 6) is 1.84. The summed E-state index contributed by atoms with van der Waals surface area (Å²) in [5, 5.41) is 10.4. The molecule has 4 aromatic rings. The smallest absolute Gasteiger partial charge is 0.323 e. The second kappa shape index (κ2) is 10.5. The van der Waals surface area contributed by atoms with Gasteiger partial charge in [-0.2, -0.15) is 0 Å². The summed E-state index contributed by atoms with van der Waals surface area (Å²) in [5.41, 5.74) is 2.84. The maximum absolute atomic E-state index is 12.4. The van der Waals surface area contributed by atoms with Gasteiger partial charge in [-0.3, -0.25) is 0 Å². The van der Waals surface area contributed by atoms with Crippen LogP contribution in [0.1, 0.15) is 5.56 Å². The highest BCUT2D eigenvalue weighted by Crippen LogP contribution is 2.33. The number of amides is 2. The Bertz CT molecular complexity index is 1350. The topological polar surface area (TPSA) is 97.4 Å². The largest absolute Gasteiger partial charge is 0.493 e. The number of benzene rings is 3. The van der Waals surface area contributed by atoms with Crippen molar-refractivity contribution in [2.24, 2.45) is 0 Å². The zero-order valence-corrected chi connectivity index (χ0v) is 19.9. The number of hydrogen-bond donors (Lipinski definition) is 3. The highest BCUT2D eigenvalue weighted by atomic mass is 35.5. The molecule has 0 spiro atoms. The van der Waals surface area contributed by atoms with Gasteiger partial charge in [0.25, 0.3) is 0 Å². The molecule has 3 N–H and O–H groups in total. The fourth-order valence-electron chi connectivity index (χ4n) is 3.34. The number of aromatic nitrogens is 2. The molecule has 10 heteroatoms. The van der Waals surface area contributed by atoms with E-state index in [-0.39, 0.29) is 0 Å². The first-order chi connectivity index (χ1) is 16.5. The Kier molecular flexibility index (Phi) is 7.20. The lowest BCUT2D eigenvalue weighted by atomic mass is 10.1. The lowest BCUT2D eigenvalue weighted by Crippen LogP contribution is -2.19. The third-order valence-corrected chi connectivity index (χ3v) is 5.70.